The quantitative estimate of drug-likeness (QED) is 0.295. The van der Waals surface area contributed by atoms with Crippen molar-refractivity contribution < 1.29 is 24.3 Å². The second kappa shape index (κ2) is 12.3. The molecule has 4 atom stereocenters. The molecule has 0 spiro atoms. The number of carboxylic acid groups (broad SMARTS) is 1. The van der Waals surface area contributed by atoms with Gasteiger partial charge < -0.3 is 31.4 Å². The minimum absolute atomic E-state index is 0.119. The van der Waals surface area contributed by atoms with Crippen LogP contribution in [0.1, 0.15) is 37.9 Å². The first-order valence-corrected chi connectivity index (χ1v) is 12.1. The lowest BCUT2D eigenvalue weighted by Crippen LogP contribution is -2.58. The van der Waals surface area contributed by atoms with Crippen molar-refractivity contribution in [1.82, 2.24) is 25.5 Å². The molecule has 11 nitrogen and oxygen atoms in total. The van der Waals surface area contributed by atoms with Crippen LogP contribution in [0, 0.1) is 5.92 Å². The average Bonchev–Trinajstić information content (AvgIpc) is 3.55. The highest BCUT2D eigenvalue weighted by atomic mass is 16.4. The third-order valence-corrected chi connectivity index (χ3v) is 6.35. The maximum absolute atomic E-state index is 13.6. The Bertz CT molecular complexity index is 1040. The van der Waals surface area contributed by atoms with E-state index in [9.17, 15) is 24.3 Å². The Hall–Kier alpha value is -3.73. The Morgan fingerprint density at radius 2 is 1.86 bits per heavy atom. The van der Waals surface area contributed by atoms with Crippen molar-refractivity contribution in [1.29, 1.82) is 0 Å². The van der Waals surface area contributed by atoms with Crippen molar-refractivity contribution in [2.75, 3.05) is 6.54 Å². The summed E-state index contributed by atoms with van der Waals surface area (Å²) in [4.78, 5) is 59.5. The van der Waals surface area contributed by atoms with Crippen LogP contribution in [0.4, 0.5) is 0 Å². The highest BCUT2D eigenvalue weighted by Gasteiger charge is 2.39. The van der Waals surface area contributed by atoms with E-state index in [1.807, 2.05) is 19.9 Å². The van der Waals surface area contributed by atoms with Gasteiger partial charge in [-0.2, -0.15) is 0 Å². The fourth-order valence-electron chi connectivity index (χ4n) is 4.21. The number of nitrogens with one attached hydrogen (secondary N) is 3. The maximum atomic E-state index is 13.6. The lowest BCUT2D eigenvalue weighted by atomic mass is 10.0. The number of aliphatic carboxylic acids is 1. The topological polar surface area (TPSA) is 171 Å². The van der Waals surface area contributed by atoms with Crippen molar-refractivity contribution in [3.63, 3.8) is 0 Å². The van der Waals surface area contributed by atoms with Crippen LogP contribution in [0.25, 0.3) is 0 Å². The normalized spacial score (nSPS) is 17.9. The van der Waals surface area contributed by atoms with Gasteiger partial charge in [-0.1, -0.05) is 44.2 Å². The molecule has 0 radical (unpaired) electrons. The summed E-state index contributed by atoms with van der Waals surface area (Å²) in [7, 11) is 0. The number of amides is 3. The van der Waals surface area contributed by atoms with Crippen molar-refractivity contribution >= 4 is 23.7 Å². The van der Waals surface area contributed by atoms with Crippen LogP contribution in [-0.4, -0.2) is 74.4 Å². The molecule has 1 aromatic carbocycles. The van der Waals surface area contributed by atoms with E-state index in [2.05, 4.69) is 20.6 Å². The molecule has 3 amide bonds. The number of carbonyl (C=O) groups excluding carboxylic acids is 3. The SMILES string of the molecule is CC(C)[C@H](N)C(=O)N[C@@H](Cc1cnc[nH]1)C(=O)N1CCC[C@H]1C(=O)N[C@@H](Cc1ccccc1)C(=O)O. The molecule has 3 rings (SSSR count). The van der Waals surface area contributed by atoms with Gasteiger partial charge in [0.2, 0.25) is 17.7 Å². The van der Waals surface area contributed by atoms with Crippen LogP contribution in [0.3, 0.4) is 0 Å². The van der Waals surface area contributed by atoms with Gasteiger partial charge in [-0.05, 0) is 24.3 Å². The highest BCUT2D eigenvalue weighted by molar-refractivity contribution is 5.94. The van der Waals surface area contributed by atoms with Crippen LogP contribution in [0.2, 0.25) is 0 Å². The zero-order valence-electron chi connectivity index (χ0n) is 20.5. The predicted octanol–water partition coefficient (Wildman–Crippen LogP) is 0.223. The third kappa shape index (κ3) is 6.91. The number of benzene rings is 1. The molecule has 194 valence electrons. The number of H-pyrrole nitrogens is 1. The second-order valence-electron chi connectivity index (χ2n) is 9.39. The summed E-state index contributed by atoms with van der Waals surface area (Å²) in [5, 5.41) is 15.0. The summed E-state index contributed by atoms with van der Waals surface area (Å²) in [5.74, 6) is -2.71. The van der Waals surface area contributed by atoms with Crippen LogP contribution in [0.5, 0.6) is 0 Å². The Balaban J connectivity index is 1.74. The van der Waals surface area contributed by atoms with E-state index >= 15 is 0 Å². The largest absolute Gasteiger partial charge is 0.480 e. The minimum atomic E-state index is -1.16. The third-order valence-electron chi connectivity index (χ3n) is 6.35. The molecule has 11 heteroatoms. The lowest BCUT2D eigenvalue weighted by molar-refractivity contribution is -0.145. The molecule has 6 N–H and O–H groups in total. The minimum Gasteiger partial charge on any atom is -0.480 e. The van der Waals surface area contributed by atoms with Crippen LogP contribution in [-0.2, 0) is 32.0 Å². The number of nitrogens with zero attached hydrogens (tertiary/aromatic N) is 2. The molecule has 0 aliphatic carbocycles. The molecule has 0 saturated carbocycles. The number of carbonyl (C=O) groups is 4. The molecular weight excluding hydrogens is 464 g/mol. The molecule has 1 aliphatic heterocycles. The standard InChI is InChI=1S/C25H34N6O5/c1-15(2)21(26)23(33)29-18(12-17-13-27-14-28-17)24(34)31-10-6-9-20(31)22(32)30-19(25(35)36)11-16-7-4-3-5-8-16/h3-5,7-8,13-15,18-21H,6,9-12,26H2,1-2H3,(H,27,28)(H,29,33)(H,30,32)(H,35,36)/t18-,19-,20-,21-/m0/s1. The van der Waals surface area contributed by atoms with E-state index in [4.69, 9.17) is 5.73 Å². The number of carboxylic acids is 1. The number of hydrogen-bond acceptors (Lipinski definition) is 6. The summed E-state index contributed by atoms with van der Waals surface area (Å²) in [6.45, 7) is 3.94. The Kier molecular flexibility index (Phi) is 9.18. The molecular formula is C25H34N6O5. The molecule has 1 aliphatic rings. The fraction of sp³-hybridized carbons (Fsp3) is 0.480. The number of aromatic amines is 1. The van der Waals surface area contributed by atoms with E-state index in [1.54, 1.807) is 30.5 Å². The number of nitrogens with two attached hydrogens (primary N) is 1. The fourth-order valence-corrected chi connectivity index (χ4v) is 4.21. The van der Waals surface area contributed by atoms with Crippen LogP contribution in [0.15, 0.2) is 42.9 Å². The van der Waals surface area contributed by atoms with Crippen molar-refractivity contribution in [3.05, 3.63) is 54.1 Å². The first-order chi connectivity index (χ1) is 17.2. The van der Waals surface area contributed by atoms with Crippen LogP contribution < -0.4 is 16.4 Å². The molecule has 1 saturated heterocycles. The van der Waals surface area contributed by atoms with Gasteiger partial charge in [0, 0.05) is 31.3 Å². The Morgan fingerprint density at radius 3 is 2.47 bits per heavy atom. The van der Waals surface area contributed by atoms with E-state index in [-0.39, 0.29) is 18.8 Å². The van der Waals surface area contributed by atoms with Crippen molar-refractivity contribution in [2.45, 2.75) is 63.7 Å². The first-order valence-electron chi connectivity index (χ1n) is 12.1. The highest BCUT2D eigenvalue weighted by Crippen LogP contribution is 2.20. The van der Waals surface area contributed by atoms with E-state index in [0.29, 0.717) is 25.1 Å². The summed E-state index contributed by atoms with van der Waals surface area (Å²) < 4.78 is 0. The van der Waals surface area contributed by atoms with Gasteiger partial charge in [0.05, 0.1) is 12.4 Å². The van der Waals surface area contributed by atoms with Gasteiger partial charge in [-0.25, -0.2) is 9.78 Å². The summed E-state index contributed by atoms with van der Waals surface area (Å²) in [5.41, 5.74) is 7.39. The summed E-state index contributed by atoms with van der Waals surface area (Å²) >= 11 is 0. The van der Waals surface area contributed by atoms with Gasteiger partial charge in [-0.15, -0.1) is 0 Å². The summed E-state index contributed by atoms with van der Waals surface area (Å²) in [6, 6.07) is 5.27. The van der Waals surface area contributed by atoms with Crippen molar-refractivity contribution in [2.24, 2.45) is 11.7 Å². The molecule has 0 bridgehead atoms. The monoisotopic (exact) mass is 498 g/mol. The van der Waals surface area contributed by atoms with Gasteiger partial charge in [0.15, 0.2) is 0 Å². The molecule has 36 heavy (non-hydrogen) atoms. The smallest absolute Gasteiger partial charge is 0.326 e. The summed E-state index contributed by atoms with van der Waals surface area (Å²) in [6.07, 6.45) is 4.27. The van der Waals surface area contributed by atoms with Gasteiger partial charge in [0.1, 0.15) is 18.1 Å². The van der Waals surface area contributed by atoms with Crippen molar-refractivity contribution in [3.8, 4) is 0 Å². The molecule has 1 fully saturated rings. The number of likely N-dealkylation sites (tertiary alicyclic amines) is 1. The zero-order valence-corrected chi connectivity index (χ0v) is 20.5. The Labute approximate surface area is 209 Å². The number of imidazole rings is 1. The number of hydrogen-bond donors (Lipinski definition) is 5. The van der Waals surface area contributed by atoms with Crippen LogP contribution >= 0.6 is 0 Å². The second-order valence-corrected chi connectivity index (χ2v) is 9.39. The first kappa shape index (κ1) is 26.9. The average molecular weight is 499 g/mol. The number of aromatic nitrogens is 2. The molecule has 0 unspecified atom stereocenters. The van der Waals surface area contributed by atoms with E-state index < -0.39 is 47.9 Å². The van der Waals surface area contributed by atoms with E-state index in [1.165, 1.54) is 11.2 Å². The predicted molar refractivity (Wildman–Crippen MR) is 131 cm³/mol. The van der Waals surface area contributed by atoms with Gasteiger partial charge >= 0.3 is 5.97 Å². The van der Waals surface area contributed by atoms with Gasteiger partial charge in [0.25, 0.3) is 0 Å². The zero-order chi connectivity index (χ0) is 26.2. The van der Waals surface area contributed by atoms with Gasteiger partial charge in [-0.3, -0.25) is 14.4 Å². The Morgan fingerprint density at radius 1 is 1.14 bits per heavy atom. The molecule has 2 heterocycles. The number of rotatable bonds is 11. The maximum Gasteiger partial charge on any atom is 0.326 e. The van der Waals surface area contributed by atoms with E-state index in [0.717, 1.165) is 5.56 Å². The molecule has 2 aromatic rings. The molecule has 1 aromatic heterocycles. The lowest BCUT2D eigenvalue weighted by Gasteiger charge is -2.30.